The number of aromatic nitrogens is 2. The van der Waals surface area contributed by atoms with Crippen LogP contribution in [-0.4, -0.2) is 148 Å². The quantitative estimate of drug-likeness (QED) is 0.0402. The number of H-pyrrole nitrogens is 1. The fraction of sp³-hybridized carbons (Fsp3) is 0.678. The van der Waals surface area contributed by atoms with Gasteiger partial charge in [-0.2, -0.15) is 0 Å². The zero-order valence-electron chi connectivity index (χ0n) is 48.6. The number of carbonyl (C=O) groups excluding carboxylic acids is 7. The SMILES string of the molecule is CCC(C)C(CC(C)CC(=O)C(NC(=O)C(C(C)C)N(C)CCCC(=O)NC1CCC(C(=O)On2c(O)ccc2O)CC1)C(C)C)C(CC(=O)N1CCCC1C(OC)C(C)C(=O)NC(Cc1c[nH]c2ccccc12)C(N)=O)OC. The van der Waals surface area contributed by atoms with E-state index >= 15 is 0 Å². The highest BCUT2D eigenvalue weighted by Crippen LogP contribution is 2.34. The second kappa shape index (κ2) is 30.0. The first-order valence-electron chi connectivity index (χ1n) is 28.6. The molecule has 20 heteroatoms. The molecule has 2 aromatic heterocycles. The monoisotopic (exact) mass is 1100 g/mol. The Kier molecular flexibility index (Phi) is 24.2. The van der Waals surface area contributed by atoms with E-state index in [1.165, 1.54) is 19.2 Å². The first-order valence-corrected chi connectivity index (χ1v) is 28.6. The molecule has 3 heterocycles. The maximum atomic E-state index is 14.4. The lowest BCUT2D eigenvalue weighted by Crippen LogP contribution is -2.54. The topological polar surface area (TPSA) is 277 Å². The molecule has 0 bridgehead atoms. The first kappa shape index (κ1) is 63.8. The van der Waals surface area contributed by atoms with Crippen LogP contribution in [0, 0.1) is 41.4 Å². The lowest BCUT2D eigenvalue weighted by molar-refractivity contribution is -0.151. The number of ketones is 1. The number of nitrogens with two attached hydrogens (primary N) is 1. The maximum absolute atomic E-state index is 14.4. The number of rotatable bonds is 31. The van der Waals surface area contributed by atoms with Crippen LogP contribution < -0.4 is 26.5 Å². The smallest absolute Gasteiger partial charge is 0.336 e. The maximum Gasteiger partial charge on any atom is 0.336 e. The van der Waals surface area contributed by atoms with Crippen molar-refractivity contribution in [2.75, 3.05) is 34.4 Å². The number of likely N-dealkylation sites (N-methyl/N-ethyl adjacent to an activating group) is 1. The Balaban J connectivity index is 1.11. The van der Waals surface area contributed by atoms with Gasteiger partial charge in [0.05, 0.1) is 48.6 Å². The van der Waals surface area contributed by atoms with Crippen LogP contribution in [-0.2, 0) is 49.5 Å². The van der Waals surface area contributed by atoms with Crippen LogP contribution in [0.2, 0.25) is 0 Å². The van der Waals surface area contributed by atoms with E-state index in [0.29, 0.717) is 62.8 Å². The number of nitrogens with zero attached hydrogens (tertiary/aromatic N) is 3. The Morgan fingerprint density at radius 2 is 1.52 bits per heavy atom. The van der Waals surface area contributed by atoms with E-state index in [1.807, 2.05) is 81.9 Å². The largest absolute Gasteiger partial charge is 0.492 e. The lowest BCUT2D eigenvalue weighted by atomic mass is 9.77. The van der Waals surface area contributed by atoms with Gasteiger partial charge in [0.2, 0.25) is 41.3 Å². The molecule has 1 aliphatic carbocycles. The van der Waals surface area contributed by atoms with Gasteiger partial charge in [0.25, 0.3) is 0 Å². The summed E-state index contributed by atoms with van der Waals surface area (Å²) in [4.78, 5) is 107. The normalized spacial score (nSPS) is 20.2. The minimum absolute atomic E-state index is 0.0696. The number of carbonyl (C=O) groups is 7. The summed E-state index contributed by atoms with van der Waals surface area (Å²) in [5, 5.41) is 29.6. The minimum Gasteiger partial charge on any atom is -0.492 e. The van der Waals surface area contributed by atoms with Crippen molar-refractivity contribution in [3.05, 3.63) is 48.2 Å². The molecule has 10 unspecified atom stereocenters. The third-order valence-corrected chi connectivity index (χ3v) is 16.7. The highest BCUT2D eigenvalue weighted by Gasteiger charge is 2.42. The summed E-state index contributed by atoms with van der Waals surface area (Å²) in [5.74, 6) is -4.40. The van der Waals surface area contributed by atoms with Crippen molar-refractivity contribution in [1.82, 2.24) is 35.5 Å². The molecule has 2 aliphatic rings. The summed E-state index contributed by atoms with van der Waals surface area (Å²) >= 11 is 0. The molecule has 5 rings (SSSR count). The van der Waals surface area contributed by atoms with E-state index in [4.69, 9.17) is 20.0 Å². The predicted octanol–water partition coefficient (Wildman–Crippen LogP) is 5.80. The molecule has 0 spiro atoms. The summed E-state index contributed by atoms with van der Waals surface area (Å²) in [6.45, 7) is 16.7. The molecule has 1 saturated carbocycles. The van der Waals surface area contributed by atoms with Crippen LogP contribution in [0.1, 0.15) is 138 Å². The number of hydrogen-bond acceptors (Lipinski definition) is 13. The number of nitrogens with one attached hydrogen (secondary N) is 4. The van der Waals surface area contributed by atoms with E-state index in [-0.39, 0.29) is 96.6 Å². The van der Waals surface area contributed by atoms with Crippen LogP contribution in [0.5, 0.6) is 11.8 Å². The standard InChI is InChI=1S/C59H92N8O12/c1-12-37(7)43(48(77-10)32-52(72)66-28-15-19-46(66)55(78-11)38(8)57(74)63-45(56(60)73)31-40-33-61-44-18-14-13-17-42(40)44)29-36(6)30-47(68)53(34(2)3)64-58(75)54(35(4)5)65(9)27-16-20-49(69)62-41-23-21-39(22-24-41)59(76)79-67-50(70)25-26-51(67)71/h13-14,17-18,25-26,33-39,41,43,45-46,48,53-55,61,70-71H,12,15-16,19-24,27-32H2,1-11H3,(H2,60,73)(H,62,69)(H,63,74)(H,64,75). The van der Waals surface area contributed by atoms with E-state index in [9.17, 15) is 43.8 Å². The Hall–Kier alpha value is -5.99. The molecular weight excluding hydrogens is 1010 g/mol. The number of amides is 5. The summed E-state index contributed by atoms with van der Waals surface area (Å²) in [6, 6.07) is 7.40. The second-order valence-electron chi connectivity index (χ2n) is 23.2. The fourth-order valence-corrected chi connectivity index (χ4v) is 12.0. The van der Waals surface area contributed by atoms with Gasteiger partial charge in [-0.3, -0.25) is 33.7 Å². The molecule has 5 amide bonds. The summed E-state index contributed by atoms with van der Waals surface area (Å²) < 4.78 is 12.8. The van der Waals surface area contributed by atoms with Crippen molar-refractivity contribution in [2.24, 2.45) is 47.2 Å². The molecule has 2 fully saturated rings. The Labute approximate surface area is 466 Å². The van der Waals surface area contributed by atoms with Gasteiger partial charge in [-0.15, -0.1) is 4.73 Å². The van der Waals surface area contributed by atoms with Gasteiger partial charge >= 0.3 is 5.97 Å². The van der Waals surface area contributed by atoms with Crippen LogP contribution in [0.15, 0.2) is 42.6 Å². The molecule has 1 aliphatic heterocycles. The van der Waals surface area contributed by atoms with Gasteiger partial charge < -0.3 is 56.1 Å². The molecule has 440 valence electrons. The van der Waals surface area contributed by atoms with Gasteiger partial charge in [-0.25, -0.2) is 4.79 Å². The van der Waals surface area contributed by atoms with Crippen LogP contribution in [0.3, 0.4) is 0 Å². The number of aromatic hydroxyl groups is 2. The molecule has 79 heavy (non-hydrogen) atoms. The number of benzene rings is 1. The average molecular weight is 1110 g/mol. The molecule has 3 aromatic rings. The summed E-state index contributed by atoms with van der Waals surface area (Å²) in [5.41, 5.74) is 7.58. The zero-order chi connectivity index (χ0) is 58.2. The van der Waals surface area contributed by atoms with Crippen molar-refractivity contribution in [3.63, 3.8) is 0 Å². The van der Waals surface area contributed by atoms with Crippen molar-refractivity contribution < 1.29 is 58.1 Å². The minimum atomic E-state index is -0.961. The number of ether oxygens (including phenoxy) is 2. The van der Waals surface area contributed by atoms with Gasteiger partial charge in [0.1, 0.15) is 6.04 Å². The predicted molar refractivity (Wildman–Crippen MR) is 300 cm³/mol. The number of likely N-dealkylation sites (tertiary alicyclic amines) is 1. The number of para-hydroxylation sites is 1. The van der Waals surface area contributed by atoms with Crippen molar-refractivity contribution in [2.45, 2.75) is 181 Å². The molecule has 20 nitrogen and oxygen atoms in total. The van der Waals surface area contributed by atoms with Gasteiger partial charge in [0.15, 0.2) is 5.78 Å². The Bertz CT molecular complexity index is 2480. The number of Topliss-reactive ketones (excluding diaryl/α,β-unsaturated/α-hetero) is 1. The molecule has 1 aromatic carbocycles. The molecular formula is C59H92N8O12. The highest BCUT2D eigenvalue weighted by atomic mass is 16.7. The van der Waals surface area contributed by atoms with E-state index in [2.05, 4.69) is 34.8 Å². The summed E-state index contributed by atoms with van der Waals surface area (Å²) in [6.07, 6.45) is 6.88. The number of fused-ring (bicyclic) bond motifs is 1. The Morgan fingerprint density at radius 3 is 2.13 bits per heavy atom. The lowest BCUT2D eigenvalue weighted by Gasteiger charge is -2.37. The number of methoxy groups -OCH3 is 2. The first-order chi connectivity index (χ1) is 37.5. The van der Waals surface area contributed by atoms with Gasteiger partial charge in [-0.1, -0.05) is 80.0 Å². The van der Waals surface area contributed by atoms with E-state index < -0.39 is 66.0 Å². The Morgan fingerprint density at radius 1 is 0.848 bits per heavy atom. The van der Waals surface area contributed by atoms with Crippen molar-refractivity contribution in [1.29, 1.82) is 0 Å². The molecule has 1 saturated heterocycles. The molecule has 8 N–H and O–H groups in total. The van der Waals surface area contributed by atoms with Crippen molar-refractivity contribution >= 4 is 52.2 Å². The van der Waals surface area contributed by atoms with E-state index in [0.717, 1.165) is 29.3 Å². The average Bonchev–Trinajstić information content (AvgIpc) is 4.15. The van der Waals surface area contributed by atoms with Crippen molar-refractivity contribution in [3.8, 4) is 11.8 Å². The fourth-order valence-electron chi connectivity index (χ4n) is 12.0. The van der Waals surface area contributed by atoms with E-state index in [1.54, 1.807) is 14.0 Å². The highest BCUT2D eigenvalue weighted by molar-refractivity contribution is 5.92. The number of primary amides is 1. The number of aromatic amines is 1. The third-order valence-electron chi connectivity index (χ3n) is 16.7. The van der Waals surface area contributed by atoms with Crippen LogP contribution in [0.4, 0.5) is 0 Å². The van der Waals surface area contributed by atoms with Gasteiger partial charge in [0, 0.05) is 75.3 Å². The molecule has 10 atom stereocenters. The second-order valence-corrected chi connectivity index (χ2v) is 23.2. The molecule has 0 radical (unpaired) electrons. The van der Waals surface area contributed by atoms with Crippen LogP contribution in [0.25, 0.3) is 10.9 Å². The van der Waals surface area contributed by atoms with Gasteiger partial charge in [-0.05, 0) is 106 Å². The zero-order valence-corrected chi connectivity index (χ0v) is 48.6. The van der Waals surface area contributed by atoms with Crippen LogP contribution >= 0.6 is 0 Å². The third kappa shape index (κ3) is 17.3. The summed E-state index contributed by atoms with van der Waals surface area (Å²) in [7, 11) is 5.00. The number of hydrogen-bond donors (Lipinski definition) is 7.